The van der Waals surface area contributed by atoms with E-state index in [2.05, 4.69) is 4.90 Å². The zero-order valence-electron chi connectivity index (χ0n) is 10.2. The predicted octanol–water partition coefficient (Wildman–Crippen LogP) is 0.640. The van der Waals surface area contributed by atoms with Gasteiger partial charge in [0.1, 0.15) is 0 Å². The van der Waals surface area contributed by atoms with Crippen molar-refractivity contribution < 1.29 is 4.79 Å². The number of nitrogens with two attached hydrogens (primary N) is 2. The van der Waals surface area contributed by atoms with E-state index in [0.29, 0.717) is 10.4 Å². The summed E-state index contributed by atoms with van der Waals surface area (Å²) in [6.07, 6.45) is 5.27. The fourth-order valence-corrected chi connectivity index (χ4v) is 3.15. The smallest absolute Gasteiger partial charge is 0.221 e. The quantitative estimate of drug-likeness (QED) is 0.707. The van der Waals surface area contributed by atoms with Crippen LogP contribution in [0.1, 0.15) is 32.1 Å². The molecular formula is C12H21N3OS. The van der Waals surface area contributed by atoms with E-state index in [-0.39, 0.29) is 11.8 Å². The largest absolute Gasteiger partial charge is 0.393 e. The number of hydrogen-bond donors (Lipinski definition) is 2. The zero-order chi connectivity index (χ0) is 12.5. The van der Waals surface area contributed by atoms with Crippen LogP contribution >= 0.6 is 12.2 Å². The highest BCUT2D eigenvalue weighted by Crippen LogP contribution is 2.49. The van der Waals surface area contributed by atoms with Gasteiger partial charge in [-0.1, -0.05) is 12.2 Å². The van der Waals surface area contributed by atoms with Crippen LogP contribution in [0.15, 0.2) is 0 Å². The van der Waals surface area contributed by atoms with E-state index in [1.54, 1.807) is 0 Å². The molecule has 4 nitrogen and oxygen atoms in total. The summed E-state index contributed by atoms with van der Waals surface area (Å²) in [5.41, 5.74) is 11.3. The molecule has 17 heavy (non-hydrogen) atoms. The van der Waals surface area contributed by atoms with Crippen molar-refractivity contribution in [1.29, 1.82) is 0 Å². The van der Waals surface area contributed by atoms with E-state index in [1.807, 2.05) is 0 Å². The third-order valence-corrected chi connectivity index (χ3v) is 4.12. The predicted molar refractivity (Wildman–Crippen MR) is 71.4 cm³/mol. The Balaban J connectivity index is 1.86. The second kappa shape index (κ2) is 4.90. The molecule has 0 aromatic carbocycles. The summed E-state index contributed by atoms with van der Waals surface area (Å²) in [7, 11) is 0. The first-order valence-corrected chi connectivity index (χ1v) is 6.72. The molecule has 1 amide bonds. The summed E-state index contributed by atoms with van der Waals surface area (Å²) in [5.74, 6) is -0.127. The maximum absolute atomic E-state index is 11.2. The van der Waals surface area contributed by atoms with Gasteiger partial charge in [0.05, 0.1) is 10.9 Å². The molecule has 4 N–H and O–H groups in total. The summed E-state index contributed by atoms with van der Waals surface area (Å²) < 4.78 is 0. The van der Waals surface area contributed by atoms with Crippen molar-refractivity contribution in [2.45, 2.75) is 32.1 Å². The maximum atomic E-state index is 11.2. The zero-order valence-corrected chi connectivity index (χ0v) is 11.0. The first kappa shape index (κ1) is 12.8. The molecule has 0 aromatic heterocycles. The standard InChI is InChI=1S/C12H21N3OS/c13-10(17)6-12(3-4-12)8-15-5-1-2-9(7-15)11(14)16/h9H,1-8H2,(H2,13,17)(H2,14,16). The van der Waals surface area contributed by atoms with Crippen molar-refractivity contribution >= 4 is 23.1 Å². The van der Waals surface area contributed by atoms with E-state index in [1.165, 1.54) is 12.8 Å². The monoisotopic (exact) mass is 255 g/mol. The molecule has 0 spiro atoms. The molecule has 1 aliphatic carbocycles. The number of nitrogens with zero attached hydrogens (tertiary/aromatic N) is 1. The number of hydrogen-bond acceptors (Lipinski definition) is 3. The van der Waals surface area contributed by atoms with Crippen LogP contribution in [-0.4, -0.2) is 35.4 Å². The van der Waals surface area contributed by atoms with Gasteiger partial charge in [-0.05, 0) is 37.6 Å². The number of rotatable bonds is 5. The van der Waals surface area contributed by atoms with Gasteiger partial charge in [0.15, 0.2) is 0 Å². The van der Waals surface area contributed by atoms with Crippen molar-refractivity contribution in [3.05, 3.63) is 0 Å². The molecule has 1 saturated heterocycles. The summed E-state index contributed by atoms with van der Waals surface area (Å²) in [6.45, 7) is 2.91. The molecule has 2 fully saturated rings. The number of primary amides is 1. The van der Waals surface area contributed by atoms with Crippen LogP contribution in [0.2, 0.25) is 0 Å². The number of amides is 1. The number of likely N-dealkylation sites (tertiary alicyclic amines) is 1. The van der Waals surface area contributed by atoms with Crippen LogP contribution in [0, 0.1) is 11.3 Å². The summed E-state index contributed by atoms with van der Waals surface area (Å²) >= 11 is 5.00. The molecule has 2 aliphatic rings. The van der Waals surface area contributed by atoms with E-state index >= 15 is 0 Å². The van der Waals surface area contributed by atoms with Crippen molar-refractivity contribution in [2.75, 3.05) is 19.6 Å². The van der Waals surface area contributed by atoms with Crippen LogP contribution in [-0.2, 0) is 4.79 Å². The molecule has 1 heterocycles. The van der Waals surface area contributed by atoms with Crippen molar-refractivity contribution in [2.24, 2.45) is 22.8 Å². The van der Waals surface area contributed by atoms with E-state index < -0.39 is 0 Å². The molecule has 5 heteroatoms. The van der Waals surface area contributed by atoms with E-state index in [0.717, 1.165) is 38.9 Å². The maximum Gasteiger partial charge on any atom is 0.221 e. The molecule has 96 valence electrons. The Hall–Kier alpha value is -0.680. The van der Waals surface area contributed by atoms with Gasteiger partial charge >= 0.3 is 0 Å². The molecule has 1 atom stereocenters. The van der Waals surface area contributed by atoms with Gasteiger partial charge in [0.25, 0.3) is 0 Å². The van der Waals surface area contributed by atoms with Gasteiger partial charge in [0.2, 0.25) is 5.91 Å². The minimum Gasteiger partial charge on any atom is -0.393 e. The average molecular weight is 255 g/mol. The van der Waals surface area contributed by atoms with E-state index in [9.17, 15) is 4.79 Å². The SMILES string of the molecule is NC(=O)C1CCCN(CC2(CC(N)=S)CC2)C1. The van der Waals surface area contributed by atoms with Gasteiger partial charge in [-0.25, -0.2) is 0 Å². The fraction of sp³-hybridized carbons (Fsp3) is 0.833. The Morgan fingerprint density at radius 3 is 2.65 bits per heavy atom. The Bertz CT molecular complexity index is 328. The highest BCUT2D eigenvalue weighted by Gasteiger charge is 2.44. The van der Waals surface area contributed by atoms with Crippen LogP contribution in [0.4, 0.5) is 0 Å². The highest BCUT2D eigenvalue weighted by atomic mass is 32.1. The summed E-state index contributed by atoms with van der Waals surface area (Å²) in [4.78, 5) is 14.2. The highest BCUT2D eigenvalue weighted by molar-refractivity contribution is 7.80. The lowest BCUT2D eigenvalue weighted by molar-refractivity contribution is -0.123. The molecule has 0 aromatic rings. The number of carbonyl (C=O) groups is 1. The topological polar surface area (TPSA) is 72.4 Å². The van der Waals surface area contributed by atoms with Crippen LogP contribution in [0.5, 0.6) is 0 Å². The second-order valence-electron chi connectivity index (χ2n) is 5.62. The molecule has 1 unspecified atom stereocenters. The lowest BCUT2D eigenvalue weighted by atomic mass is 9.94. The fourth-order valence-electron chi connectivity index (χ4n) is 2.84. The summed E-state index contributed by atoms with van der Waals surface area (Å²) in [5, 5.41) is 0. The molecular weight excluding hydrogens is 234 g/mol. The number of thiocarbonyl (C=S) groups is 1. The first-order chi connectivity index (χ1) is 8.01. The van der Waals surface area contributed by atoms with E-state index in [4.69, 9.17) is 23.7 Å². The lowest BCUT2D eigenvalue weighted by Crippen LogP contribution is -2.43. The molecule has 0 radical (unpaired) electrons. The number of piperidine rings is 1. The van der Waals surface area contributed by atoms with Gasteiger partial charge in [-0.2, -0.15) is 0 Å². The Kier molecular flexibility index (Phi) is 3.68. The Morgan fingerprint density at radius 2 is 2.12 bits per heavy atom. The average Bonchev–Trinajstić information content (AvgIpc) is 2.96. The minimum atomic E-state index is -0.158. The third kappa shape index (κ3) is 3.39. The molecule has 1 aliphatic heterocycles. The van der Waals surface area contributed by atoms with Crippen molar-refractivity contribution in [3.8, 4) is 0 Å². The molecule has 2 rings (SSSR count). The van der Waals surface area contributed by atoms with Crippen LogP contribution in [0.25, 0.3) is 0 Å². The Labute approximate surface area is 108 Å². The van der Waals surface area contributed by atoms with Crippen LogP contribution < -0.4 is 11.5 Å². The van der Waals surface area contributed by atoms with Gasteiger partial charge < -0.3 is 16.4 Å². The first-order valence-electron chi connectivity index (χ1n) is 6.31. The third-order valence-electron chi connectivity index (χ3n) is 3.97. The van der Waals surface area contributed by atoms with Gasteiger partial charge in [0, 0.05) is 19.5 Å². The van der Waals surface area contributed by atoms with Crippen LogP contribution in [0.3, 0.4) is 0 Å². The Morgan fingerprint density at radius 1 is 1.41 bits per heavy atom. The number of carbonyl (C=O) groups excluding carboxylic acids is 1. The van der Waals surface area contributed by atoms with Crippen molar-refractivity contribution in [3.63, 3.8) is 0 Å². The second-order valence-corrected chi connectivity index (χ2v) is 6.14. The molecule has 1 saturated carbocycles. The minimum absolute atomic E-state index is 0.0318. The lowest BCUT2D eigenvalue weighted by Gasteiger charge is -2.33. The summed E-state index contributed by atoms with van der Waals surface area (Å²) in [6, 6.07) is 0. The normalized spacial score (nSPS) is 27.6. The van der Waals surface area contributed by atoms with Gasteiger partial charge in [-0.3, -0.25) is 4.79 Å². The van der Waals surface area contributed by atoms with Crippen molar-refractivity contribution in [1.82, 2.24) is 4.90 Å². The van der Waals surface area contributed by atoms with Gasteiger partial charge in [-0.15, -0.1) is 0 Å². The molecule has 0 bridgehead atoms.